The molecule has 0 saturated heterocycles. The number of rotatable bonds is 5. The molecule has 0 spiro atoms. The quantitative estimate of drug-likeness (QED) is 0.192. The smallest absolute Gasteiger partial charge is 0.0826 e. The van der Waals surface area contributed by atoms with Gasteiger partial charge in [0.2, 0.25) is 0 Å². The minimum atomic E-state index is 0.929. The van der Waals surface area contributed by atoms with E-state index in [1.807, 2.05) is 28.8 Å². The molecule has 0 saturated carbocycles. The molecule has 42 heavy (non-hydrogen) atoms. The van der Waals surface area contributed by atoms with E-state index in [0.29, 0.717) is 0 Å². The zero-order valence-corrected chi connectivity index (χ0v) is 23.9. The second kappa shape index (κ2) is 10.4. The minimum Gasteiger partial charge on any atom is -0.256 e. The fourth-order valence-electron chi connectivity index (χ4n) is 5.64. The summed E-state index contributed by atoms with van der Waals surface area (Å²) in [4.78, 5) is 18.9. The summed E-state index contributed by atoms with van der Waals surface area (Å²) in [7, 11) is 0. The van der Waals surface area contributed by atoms with Crippen molar-refractivity contribution in [1.82, 2.24) is 19.9 Å². The van der Waals surface area contributed by atoms with Gasteiger partial charge >= 0.3 is 0 Å². The molecule has 0 N–H and O–H groups in total. The molecular weight excluding hydrogens is 553 g/mol. The topological polar surface area (TPSA) is 51.6 Å². The monoisotopic (exact) mass is 574 g/mol. The lowest BCUT2D eigenvalue weighted by Crippen LogP contribution is -1.94. The number of pyridine rings is 2. The first kappa shape index (κ1) is 24.7. The molecule has 198 valence electrons. The van der Waals surface area contributed by atoms with Gasteiger partial charge < -0.3 is 0 Å². The van der Waals surface area contributed by atoms with Crippen LogP contribution in [0.25, 0.3) is 77.7 Å². The first-order valence-corrected chi connectivity index (χ1v) is 15.5. The maximum absolute atomic E-state index is 4.99. The molecule has 0 amide bonds. The molecule has 0 aliphatic carbocycles. The van der Waals surface area contributed by atoms with Crippen molar-refractivity contribution in [3.05, 3.63) is 131 Å². The average Bonchev–Trinajstić information content (AvgIpc) is 3.80. The van der Waals surface area contributed by atoms with E-state index >= 15 is 0 Å². The van der Waals surface area contributed by atoms with Crippen molar-refractivity contribution < 1.29 is 0 Å². The third kappa shape index (κ3) is 4.29. The summed E-state index contributed by atoms with van der Waals surface area (Å²) >= 11 is 3.18. The van der Waals surface area contributed by atoms with Crippen LogP contribution < -0.4 is 0 Å². The van der Waals surface area contributed by atoms with Gasteiger partial charge in [-0.15, -0.1) is 22.7 Å². The maximum atomic E-state index is 4.99. The molecule has 0 aliphatic rings. The number of thiazole rings is 2. The Morgan fingerprint density at radius 3 is 1.43 bits per heavy atom. The number of hydrogen-bond donors (Lipinski definition) is 0. The van der Waals surface area contributed by atoms with Gasteiger partial charge in [-0.2, -0.15) is 0 Å². The molecular formula is C36H22N4S2. The lowest BCUT2D eigenvalue weighted by atomic mass is 9.87. The third-order valence-electron chi connectivity index (χ3n) is 7.63. The molecule has 4 aromatic carbocycles. The van der Waals surface area contributed by atoms with E-state index in [9.17, 15) is 0 Å². The fourth-order valence-corrected chi connectivity index (χ4v) is 6.76. The van der Waals surface area contributed by atoms with Gasteiger partial charge in [-0.1, -0.05) is 66.7 Å². The van der Waals surface area contributed by atoms with E-state index in [4.69, 9.17) is 9.97 Å². The van der Waals surface area contributed by atoms with Gasteiger partial charge in [-0.25, -0.2) is 9.97 Å². The minimum absolute atomic E-state index is 0.929. The molecule has 0 unspecified atom stereocenters. The number of benzene rings is 4. The highest BCUT2D eigenvalue weighted by Gasteiger charge is 2.19. The van der Waals surface area contributed by atoms with Crippen LogP contribution in [-0.2, 0) is 0 Å². The molecule has 4 nitrogen and oxygen atoms in total. The average molecular weight is 575 g/mol. The summed E-state index contributed by atoms with van der Waals surface area (Å²) in [6.07, 6.45) is 3.86. The Morgan fingerprint density at radius 1 is 0.381 bits per heavy atom. The molecule has 0 radical (unpaired) electrons. The highest BCUT2D eigenvalue weighted by atomic mass is 32.1. The zero-order chi connectivity index (χ0) is 27.9. The van der Waals surface area contributed by atoms with Crippen molar-refractivity contribution in [2.45, 2.75) is 0 Å². The Bertz CT molecular complexity index is 2150. The Morgan fingerprint density at radius 2 is 0.905 bits per heavy atom. The molecule has 4 heterocycles. The van der Waals surface area contributed by atoms with Crippen molar-refractivity contribution in [2.24, 2.45) is 0 Å². The SMILES string of the molecule is c1ccc(-c2ccc3c(-c4ccc(-c5cscn5)cn4)c4ccccc4c(-c4ccc(-c5cscn5)cn4)c3c2)cc1. The number of nitrogens with zero attached hydrogens (tertiary/aromatic N) is 4. The predicted molar refractivity (Wildman–Crippen MR) is 176 cm³/mol. The van der Waals surface area contributed by atoms with E-state index in [1.54, 1.807) is 22.7 Å². The van der Waals surface area contributed by atoms with E-state index in [1.165, 1.54) is 5.56 Å². The number of hydrogen-bond acceptors (Lipinski definition) is 6. The van der Waals surface area contributed by atoms with Crippen LogP contribution in [-0.4, -0.2) is 19.9 Å². The van der Waals surface area contributed by atoms with Crippen LogP contribution in [0.15, 0.2) is 131 Å². The standard InChI is InChI=1S/C36H22N4S2/c1-2-6-23(7-3-1)24-10-13-29-30(16-24)36(32-15-12-26(18-38-32)34-20-42-22-40-34)28-9-5-4-8-27(28)35(29)31-14-11-25(17-37-31)33-19-41-21-39-33/h1-22H. The summed E-state index contributed by atoms with van der Waals surface area (Å²) in [5.74, 6) is 0. The van der Waals surface area contributed by atoms with Crippen molar-refractivity contribution >= 4 is 44.2 Å². The molecule has 8 aromatic rings. The second-order valence-electron chi connectivity index (χ2n) is 10.0. The predicted octanol–water partition coefficient (Wildman–Crippen LogP) is 10.0. The summed E-state index contributed by atoms with van der Waals surface area (Å²) in [6.45, 7) is 0. The van der Waals surface area contributed by atoms with Gasteiger partial charge in [0.05, 0.1) is 33.8 Å². The van der Waals surface area contributed by atoms with Gasteiger partial charge in [0, 0.05) is 45.4 Å². The lowest BCUT2D eigenvalue weighted by molar-refractivity contribution is 1.31. The van der Waals surface area contributed by atoms with Crippen LogP contribution in [0.3, 0.4) is 0 Å². The van der Waals surface area contributed by atoms with E-state index in [0.717, 1.165) is 72.1 Å². The summed E-state index contributed by atoms with van der Waals surface area (Å²) in [5.41, 5.74) is 14.1. The van der Waals surface area contributed by atoms with Crippen LogP contribution >= 0.6 is 22.7 Å². The molecule has 0 fully saturated rings. The van der Waals surface area contributed by atoms with Crippen LogP contribution in [0, 0.1) is 0 Å². The van der Waals surface area contributed by atoms with Crippen molar-refractivity contribution in [1.29, 1.82) is 0 Å². The molecule has 0 aliphatic heterocycles. The summed E-state index contributed by atoms with van der Waals surface area (Å²) in [5, 5.41) is 8.67. The second-order valence-corrected chi connectivity index (χ2v) is 11.5. The summed E-state index contributed by atoms with van der Waals surface area (Å²) in [6, 6.07) is 34.3. The number of aromatic nitrogens is 4. The highest BCUT2D eigenvalue weighted by Crippen LogP contribution is 2.44. The van der Waals surface area contributed by atoms with E-state index < -0.39 is 0 Å². The molecule has 6 heteroatoms. The highest BCUT2D eigenvalue weighted by molar-refractivity contribution is 7.08. The summed E-state index contributed by atoms with van der Waals surface area (Å²) < 4.78 is 0. The van der Waals surface area contributed by atoms with Gasteiger partial charge in [0.25, 0.3) is 0 Å². The Kier molecular flexibility index (Phi) is 6.13. The van der Waals surface area contributed by atoms with E-state index in [-0.39, 0.29) is 0 Å². The van der Waals surface area contributed by atoms with Crippen LogP contribution in [0.4, 0.5) is 0 Å². The number of fused-ring (bicyclic) bond motifs is 2. The molecule has 4 aromatic heterocycles. The Hall–Kier alpha value is -5.04. The molecule has 0 atom stereocenters. The van der Waals surface area contributed by atoms with Gasteiger partial charge in [-0.3, -0.25) is 9.97 Å². The first-order valence-electron chi connectivity index (χ1n) is 13.6. The van der Waals surface area contributed by atoms with Crippen molar-refractivity contribution in [2.75, 3.05) is 0 Å². The lowest BCUT2D eigenvalue weighted by Gasteiger charge is -2.18. The zero-order valence-electron chi connectivity index (χ0n) is 22.3. The first-order chi connectivity index (χ1) is 20.8. The van der Waals surface area contributed by atoms with Crippen molar-refractivity contribution in [3.63, 3.8) is 0 Å². The van der Waals surface area contributed by atoms with Gasteiger partial charge in [0.15, 0.2) is 0 Å². The van der Waals surface area contributed by atoms with Crippen LogP contribution in [0.2, 0.25) is 0 Å². The molecule has 8 rings (SSSR count). The van der Waals surface area contributed by atoms with Crippen LogP contribution in [0.1, 0.15) is 0 Å². The largest absolute Gasteiger partial charge is 0.256 e. The maximum Gasteiger partial charge on any atom is 0.0826 e. The van der Waals surface area contributed by atoms with Crippen LogP contribution in [0.5, 0.6) is 0 Å². The van der Waals surface area contributed by atoms with Crippen molar-refractivity contribution in [3.8, 4) is 56.2 Å². The normalized spacial score (nSPS) is 11.3. The third-order valence-corrected chi connectivity index (χ3v) is 8.80. The van der Waals surface area contributed by atoms with Gasteiger partial charge in [-0.05, 0) is 63.0 Å². The van der Waals surface area contributed by atoms with E-state index in [2.05, 4.69) is 112 Å². The molecule has 0 bridgehead atoms. The Balaban J connectivity index is 1.40. The van der Waals surface area contributed by atoms with Gasteiger partial charge in [0.1, 0.15) is 0 Å². The fraction of sp³-hybridized carbons (Fsp3) is 0. The Labute approximate surface area is 250 Å².